The minimum absolute atomic E-state index is 0.396. The minimum Gasteiger partial charge on any atom is -0.394 e. The van der Waals surface area contributed by atoms with Crippen molar-refractivity contribution in [3.63, 3.8) is 0 Å². The number of rotatable bonds is 1. The third kappa shape index (κ3) is 1.78. The van der Waals surface area contributed by atoms with E-state index in [1.807, 2.05) is 0 Å². The van der Waals surface area contributed by atoms with Gasteiger partial charge < -0.3 is 25.2 Å². The second-order valence-corrected chi connectivity index (χ2v) is 3.58. The minimum atomic E-state index is -1.29. The first-order chi connectivity index (χ1) is 5.57. The molecule has 0 amide bonds. The number of alkyl halides is 1. The molecule has 12 heavy (non-hydrogen) atoms. The SMILES string of the molecule is OC[C@@H]1O[C@H](Br)[C@@H](O)[C@H](O)[C@H]1O. The van der Waals surface area contributed by atoms with E-state index in [1.165, 1.54) is 0 Å². The zero-order valence-corrected chi connectivity index (χ0v) is 7.75. The molecular weight excluding hydrogens is 232 g/mol. The molecule has 0 aromatic carbocycles. The molecule has 0 aliphatic carbocycles. The predicted molar refractivity (Wildman–Crippen MR) is 42.7 cm³/mol. The van der Waals surface area contributed by atoms with Gasteiger partial charge in [0.05, 0.1) is 6.61 Å². The van der Waals surface area contributed by atoms with Crippen molar-refractivity contribution in [2.75, 3.05) is 6.61 Å². The molecule has 4 N–H and O–H groups in total. The number of aliphatic hydroxyl groups is 4. The van der Waals surface area contributed by atoms with E-state index in [1.54, 1.807) is 0 Å². The average molecular weight is 243 g/mol. The molecule has 1 rings (SSSR count). The van der Waals surface area contributed by atoms with Crippen LogP contribution < -0.4 is 0 Å². The fourth-order valence-electron chi connectivity index (χ4n) is 1.06. The third-order valence-electron chi connectivity index (χ3n) is 1.83. The summed E-state index contributed by atoms with van der Waals surface area (Å²) in [4.78, 5) is 0. The molecule has 1 aliphatic heterocycles. The van der Waals surface area contributed by atoms with Crippen molar-refractivity contribution < 1.29 is 25.2 Å². The maximum atomic E-state index is 9.21. The van der Waals surface area contributed by atoms with Crippen LogP contribution in [-0.2, 0) is 4.74 Å². The lowest BCUT2D eigenvalue weighted by molar-refractivity contribution is -0.203. The summed E-state index contributed by atoms with van der Waals surface area (Å²) in [7, 11) is 0. The number of hydrogen-bond acceptors (Lipinski definition) is 5. The van der Waals surface area contributed by atoms with E-state index >= 15 is 0 Å². The van der Waals surface area contributed by atoms with Crippen molar-refractivity contribution in [1.29, 1.82) is 0 Å². The number of ether oxygens (including phenoxy) is 1. The van der Waals surface area contributed by atoms with E-state index in [9.17, 15) is 10.2 Å². The van der Waals surface area contributed by atoms with E-state index in [2.05, 4.69) is 15.9 Å². The van der Waals surface area contributed by atoms with Crippen molar-refractivity contribution in [2.24, 2.45) is 0 Å². The van der Waals surface area contributed by atoms with Gasteiger partial charge in [-0.15, -0.1) is 0 Å². The van der Waals surface area contributed by atoms with Gasteiger partial charge >= 0.3 is 0 Å². The van der Waals surface area contributed by atoms with Crippen LogP contribution in [0.3, 0.4) is 0 Å². The highest BCUT2D eigenvalue weighted by Crippen LogP contribution is 2.24. The number of hydrogen-bond donors (Lipinski definition) is 4. The highest BCUT2D eigenvalue weighted by atomic mass is 79.9. The Morgan fingerprint density at radius 2 is 1.67 bits per heavy atom. The Morgan fingerprint density at radius 3 is 2.17 bits per heavy atom. The molecule has 0 aromatic rings. The van der Waals surface area contributed by atoms with Gasteiger partial charge in [0.15, 0.2) is 0 Å². The van der Waals surface area contributed by atoms with Crippen molar-refractivity contribution in [2.45, 2.75) is 29.4 Å². The topological polar surface area (TPSA) is 90.2 Å². The first-order valence-corrected chi connectivity index (χ1v) is 4.44. The van der Waals surface area contributed by atoms with E-state index in [4.69, 9.17) is 14.9 Å². The molecule has 1 fully saturated rings. The maximum absolute atomic E-state index is 9.21. The fraction of sp³-hybridized carbons (Fsp3) is 1.00. The largest absolute Gasteiger partial charge is 0.394 e. The monoisotopic (exact) mass is 242 g/mol. The fourth-order valence-corrected chi connectivity index (χ4v) is 1.65. The van der Waals surface area contributed by atoms with Crippen molar-refractivity contribution >= 4 is 15.9 Å². The predicted octanol–water partition coefficient (Wildman–Crippen LogP) is -1.82. The molecule has 0 aromatic heterocycles. The summed E-state index contributed by atoms with van der Waals surface area (Å²) in [6.45, 7) is -0.396. The van der Waals surface area contributed by atoms with E-state index in [0.717, 1.165) is 0 Å². The lowest BCUT2D eigenvalue weighted by Crippen LogP contribution is -2.56. The number of halogens is 1. The van der Waals surface area contributed by atoms with Gasteiger partial charge in [0.1, 0.15) is 29.4 Å². The maximum Gasteiger partial charge on any atom is 0.141 e. The molecule has 1 saturated heterocycles. The summed E-state index contributed by atoms with van der Waals surface area (Å²) in [6.07, 6.45) is -4.57. The van der Waals surface area contributed by atoms with Crippen molar-refractivity contribution in [3.8, 4) is 0 Å². The van der Waals surface area contributed by atoms with Gasteiger partial charge in [0, 0.05) is 0 Å². The average Bonchev–Trinajstić information content (AvgIpc) is 2.08. The Balaban J connectivity index is 2.63. The Kier molecular flexibility index (Phi) is 3.45. The first kappa shape index (κ1) is 10.4. The van der Waals surface area contributed by atoms with Crippen molar-refractivity contribution in [1.82, 2.24) is 0 Å². The molecule has 0 bridgehead atoms. The molecule has 1 heterocycles. The summed E-state index contributed by atoms with van der Waals surface area (Å²) in [5.74, 6) is 0. The van der Waals surface area contributed by atoms with Gasteiger partial charge in [-0.05, 0) is 0 Å². The highest BCUT2D eigenvalue weighted by Gasteiger charge is 2.42. The number of aliphatic hydroxyl groups excluding tert-OH is 4. The zero-order valence-electron chi connectivity index (χ0n) is 6.17. The van der Waals surface area contributed by atoms with Crippen LogP contribution in [0.1, 0.15) is 0 Å². The molecule has 0 unspecified atom stereocenters. The van der Waals surface area contributed by atoms with Gasteiger partial charge in [-0.2, -0.15) is 0 Å². The molecule has 0 spiro atoms. The molecular formula is C6H11BrO5. The lowest BCUT2D eigenvalue weighted by Gasteiger charge is -2.37. The van der Waals surface area contributed by atoms with Gasteiger partial charge in [0.2, 0.25) is 0 Å². The summed E-state index contributed by atoms with van der Waals surface area (Å²) >= 11 is 2.95. The molecule has 1 aliphatic rings. The highest BCUT2D eigenvalue weighted by molar-refractivity contribution is 9.09. The standard InChI is InChI=1S/C6H11BrO5/c7-6-5(11)4(10)3(9)2(1-8)12-6/h2-6,8-11H,1H2/t2-,3-,4+,5-,6-/m0/s1. The second kappa shape index (κ2) is 3.99. The Bertz CT molecular complexity index is 150. The van der Waals surface area contributed by atoms with E-state index in [-0.39, 0.29) is 0 Å². The van der Waals surface area contributed by atoms with Gasteiger partial charge in [-0.25, -0.2) is 0 Å². The van der Waals surface area contributed by atoms with Crippen LogP contribution in [0.15, 0.2) is 0 Å². The van der Waals surface area contributed by atoms with E-state index in [0.29, 0.717) is 0 Å². The molecule has 5 atom stereocenters. The van der Waals surface area contributed by atoms with Crippen LogP contribution in [0, 0.1) is 0 Å². The van der Waals surface area contributed by atoms with Crippen molar-refractivity contribution in [3.05, 3.63) is 0 Å². The normalized spacial score (nSPS) is 49.2. The van der Waals surface area contributed by atoms with Gasteiger partial charge in [0.25, 0.3) is 0 Å². The van der Waals surface area contributed by atoms with Crippen LogP contribution in [0.2, 0.25) is 0 Å². The summed E-state index contributed by atoms with van der Waals surface area (Å²) < 4.78 is 4.94. The first-order valence-electron chi connectivity index (χ1n) is 3.52. The van der Waals surface area contributed by atoms with E-state index < -0.39 is 36.0 Å². The lowest BCUT2D eigenvalue weighted by atomic mass is 10.0. The molecule has 0 saturated carbocycles. The third-order valence-corrected chi connectivity index (χ3v) is 2.59. The molecule has 5 nitrogen and oxygen atoms in total. The Morgan fingerprint density at radius 1 is 1.08 bits per heavy atom. The molecule has 0 radical (unpaired) electrons. The molecule has 6 heteroatoms. The summed E-state index contributed by atoms with van der Waals surface area (Å²) in [6, 6.07) is 0. The van der Waals surface area contributed by atoms with Crippen LogP contribution in [0.4, 0.5) is 0 Å². The Hall–Kier alpha value is 0.280. The molecule has 72 valence electrons. The zero-order chi connectivity index (χ0) is 9.30. The Labute approximate surface area is 77.7 Å². The summed E-state index contributed by atoms with van der Waals surface area (Å²) in [5, 5.41) is 35.5. The van der Waals surface area contributed by atoms with Crippen LogP contribution in [-0.4, -0.2) is 56.5 Å². The van der Waals surface area contributed by atoms with Gasteiger partial charge in [-0.1, -0.05) is 15.9 Å². The second-order valence-electron chi connectivity index (χ2n) is 2.68. The summed E-state index contributed by atoms with van der Waals surface area (Å²) in [5.41, 5.74) is 0. The quantitative estimate of drug-likeness (QED) is 0.407. The smallest absolute Gasteiger partial charge is 0.141 e. The van der Waals surface area contributed by atoms with Gasteiger partial charge in [-0.3, -0.25) is 0 Å². The van der Waals surface area contributed by atoms with Crippen LogP contribution >= 0.6 is 15.9 Å². The van der Waals surface area contributed by atoms with Crippen LogP contribution in [0.25, 0.3) is 0 Å². The van der Waals surface area contributed by atoms with Crippen LogP contribution in [0.5, 0.6) is 0 Å².